The summed E-state index contributed by atoms with van der Waals surface area (Å²) in [7, 11) is 1.71. The number of benzene rings is 2. The quantitative estimate of drug-likeness (QED) is 0.540. The van der Waals surface area contributed by atoms with Crippen molar-refractivity contribution in [3.8, 4) is 0 Å². The van der Waals surface area contributed by atoms with E-state index < -0.39 is 0 Å². The number of carbonyl (C=O) groups is 3. The third kappa shape index (κ3) is 6.02. The Bertz CT molecular complexity index is 1050. The van der Waals surface area contributed by atoms with Crippen LogP contribution in [0.3, 0.4) is 0 Å². The lowest BCUT2D eigenvalue weighted by atomic mass is 10.2. The Balaban J connectivity index is 1.46. The number of anilines is 2. The van der Waals surface area contributed by atoms with Crippen molar-refractivity contribution >= 4 is 50.2 Å². The van der Waals surface area contributed by atoms with Crippen LogP contribution in [0, 0.1) is 0 Å². The van der Waals surface area contributed by atoms with Crippen LogP contribution in [-0.4, -0.2) is 41.3 Å². The first-order valence-electron chi connectivity index (χ1n) is 9.41. The van der Waals surface area contributed by atoms with Crippen molar-refractivity contribution in [1.82, 2.24) is 15.2 Å². The molecule has 0 saturated carbocycles. The zero-order valence-electron chi connectivity index (χ0n) is 16.8. The van der Waals surface area contributed by atoms with Crippen molar-refractivity contribution in [3.05, 3.63) is 54.1 Å². The van der Waals surface area contributed by atoms with Crippen LogP contribution in [0.25, 0.3) is 10.2 Å². The fraction of sp³-hybridized carbons (Fsp3) is 0.238. The molecule has 0 unspecified atom stereocenters. The molecule has 0 spiro atoms. The molecular formula is C21H23N5O3S. The van der Waals surface area contributed by atoms with Gasteiger partial charge in [0, 0.05) is 39.2 Å². The van der Waals surface area contributed by atoms with Crippen LogP contribution < -0.4 is 16.0 Å². The van der Waals surface area contributed by atoms with E-state index >= 15 is 0 Å². The Morgan fingerprint density at radius 2 is 1.83 bits per heavy atom. The van der Waals surface area contributed by atoms with Gasteiger partial charge in [0.25, 0.3) is 0 Å². The average Bonchev–Trinajstić information content (AvgIpc) is 3.09. The van der Waals surface area contributed by atoms with Crippen molar-refractivity contribution in [2.24, 2.45) is 0 Å². The van der Waals surface area contributed by atoms with Gasteiger partial charge < -0.3 is 20.9 Å². The molecule has 2 aromatic carbocycles. The van der Waals surface area contributed by atoms with Gasteiger partial charge in [-0.25, -0.2) is 9.78 Å². The Hall–Kier alpha value is -3.46. The topological polar surface area (TPSA) is 103 Å². The minimum Gasteiger partial charge on any atom is -0.337 e. The zero-order chi connectivity index (χ0) is 21.5. The molecule has 0 bridgehead atoms. The third-order valence-electron chi connectivity index (χ3n) is 4.19. The SMILES string of the molecule is CC(=O)Nc1nc2ccc(NC(=O)CCNC(=O)N(C)Cc3ccccc3)cc2s1. The van der Waals surface area contributed by atoms with Crippen LogP contribution in [-0.2, 0) is 16.1 Å². The fourth-order valence-corrected chi connectivity index (χ4v) is 3.73. The molecule has 9 heteroatoms. The molecule has 30 heavy (non-hydrogen) atoms. The molecule has 3 N–H and O–H groups in total. The lowest BCUT2D eigenvalue weighted by Gasteiger charge is -2.18. The number of carbonyl (C=O) groups excluding carboxylic acids is 3. The van der Waals surface area contributed by atoms with Crippen molar-refractivity contribution in [1.29, 1.82) is 0 Å². The molecule has 156 valence electrons. The van der Waals surface area contributed by atoms with Crippen molar-refractivity contribution < 1.29 is 14.4 Å². The van der Waals surface area contributed by atoms with Crippen LogP contribution in [0.4, 0.5) is 15.6 Å². The van der Waals surface area contributed by atoms with Gasteiger partial charge in [-0.3, -0.25) is 9.59 Å². The molecule has 1 aromatic heterocycles. The monoisotopic (exact) mass is 425 g/mol. The van der Waals surface area contributed by atoms with Crippen molar-refractivity contribution in [3.63, 3.8) is 0 Å². The highest BCUT2D eigenvalue weighted by Gasteiger charge is 2.11. The van der Waals surface area contributed by atoms with E-state index in [1.807, 2.05) is 36.4 Å². The second-order valence-corrected chi connectivity index (χ2v) is 7.79. The van der Waals surface area contributed by atoms with Crippen LogP contribution in [0.1, 0.15) is 18.9 Å². The number of hydrogen-bond donors (Lipinski definition) is 3. The highest BCUT2D eigenvalue weighted by atomic mass is 32.1. The Morgan fingerprint density at radius 3 is 2.57 bits per heavy atom. The summed E-state index contributed by atoms with van der Waals surface area (Å²) in [4.78, 5) is 41.4. The van der Waals surface area contributed by atoms with Gasteiger partial charge in [-0.15, -0.1) is 0 Å². The summed E-state index contributed by atoms with van der Waals surface area (Å²) in [6.07, 6.45) is 0.156. The zero-order valence-corrected chi connectivity index (χ0v) is 17.6. The van der Waals surface area contributed by atoms with Crippen molar-refractivity contribution in [2.45, 2.75) is 19.9 Å². The predicted octanol–water partition coefficient (Wildman–Crippen LogP) is 3.42. The lowest BCUT2D eigenvalue weighted by molar-refractivity contribution is -0.116. The molecular weight excluding hydrogens is 402 g/mol. The summed E-state index contributed by atoms with van der Waals surface area (Å²) in [5.41, 5.74) is 2.42. The molecule has 0 radical (unpaired) electrons. The summed E-state index contributed by atoms with van der Waals surface area (Å²) >= 11 is 1.34. The minimum atomic E-state index is -0.233. The normalized spacial score (nSPS) is 10.5. The van der Waals surface area contributed by atoms with Gasteiger partial charge in [-0.1, -0.05) is 41.7 Å². The second-order valence-electron chi connectivity index (χ2n) is 6.75. The minimum absolute atomic E-state index is 0.156. The molecule has 0 saturated heterocycles. The number of nitrogens with zero attached hydrogens (tertiary/aromatic N) is 2. The van der Waals surface area contributed by atoms with E-state index in [0.717, 1.165) is 15.8 Å². The molecule has 4 amide bonds. The first kappa shape index (κ1) is 21.3. The van der Waals surface area contributed by atoms with Crippen molar-refractivity contribution in [2.75, 3.05) is 24.2 Å². The molecule has 0 atom stereocenters. The molecule has 3 aromatic rings. The van der Waals surface area contributed by atoms with E-state index in [4.69, 9.17) is 0 Å². The maximum Gasteiger partial charge on any atom is 0.317 e. The van der Waals surface area contributed by atoms with E-state index in [-0.39, 0.29) is 30.8 Å². The Labute approximate surface area is 178 Å². The average molecular weight is 426 g/mol. The van der Waals surface area contributed by atoms with Crippen LogP contribution >= 0.6 is 11.3 Å². The molecule has 0 aliphatic rings. The summed E-state index contributed by atoms with van der Waals surface area (Å²) in [6.45, 7) is 2.16. The number of amides is 4. The standard InChI is InChI=1S/C21H23N5O3S/c1-14(27)23-20-25-17-9-8-16(12-18(17)30-20)24-19(28)10-11-22-21(29)26(2)13-15-6-4-3-5-7-15/h3-9,12H,10-11,13H2,1-2H3,(H,22,29)(H,24,28)(H,23,25,27). The van der Waals surface area contributed by atoms with Gasteiger partial charge >= 0.3 is 6.03 Å². The lowest BCUT2D eigenvalue weighted by Crippen LogP contribution is -2.38. The van der Waals surface area contributed by atoms with E-state index in [9.17, 15) is 14.4 Å². The van der Waals surface area contributed by atoms with Gasteiger partial charge in [-0.2, -0.15) is 0 Å². The molecule has 1 heterocycles. The van der Waals surface area contributed by atoms with E-state index in [1.165, 1.54) is 18.3 Å². The maximum absolute atomic E-state index is 12.2. The highest BCUT2D eigenvalue weighted by Crippen LogP contribution is 2.28. The second kappa shape index (κ2) is 9.84. The van der Waals surface area contributed by atoms with Crippen LogP contribution in [0.2, 0.25) is 0 Å². The van der Waals surface area contributed by atoms with Gasteiger partial charge in [0.15, 0.2) is 5.13 Å². The molecule has 0 fully saturated rings. The number of fused-ring (bicyclic) bond motifs is 1. The molecule has 8 nitrogen and oxygen atoms in total. The number of thiazole rings is 1. The third-order valence-corrected chi connectivity index (χ3v) is 5.13. The van der Waals surface area contributed by atoms with E-state index in [0.29, 0.717) is 17.4 Å². The summed E-state index contributed by atoms with van der Waals surface area (Å²) in [6, 6.07) is 14.8. The predicted molar refractivity (Wildman–Crippen MR) is 118 cm³/mol. The molecule has 3 rings (SSSR count). The van der Waals surface area contributed by atoms with Crippen LogP contribution in [0.15, 0.2) is 48.5 Å². The number of nitrogens with one attached hydrogen (secondary N) is 3. The summed E-state index contributed by atoms with van der Waals surface area (Å²) < 4.78 is 0.854. The Morgan fingerprint density at radius 1 is 1.07 bits per heavy atom. The summed E-state index contributed by atoms with van der Waals surface area (Å²) in [5.74, 6) is -0.383. The summed E-state index contributed by atoms with van der Waals surface area (Å²) in [5, 5.41) is 8.73. The Kier molecular flexibility index (Phi) is 6.97. The number of rotatable bonds is 7. The fourth-order valence-electron chi connectivity index (χ4n) is 2.78. The first-order chi connectivity index (χ1) is 14.4. The number of hydrogen-bond acceptors (Lipinski definition) is 5. The number of urea groups is 1. The van der Waals surface area contributed by atoms with Gasteiger partial charge in [0.2, 0.25) is 11.8 Å². The first-order valence-corrected chi connectivity index (χ1v) is 10.2. The van der Waals surface area contributed by atoms with E-state index in [2.05, 4.69) is 20.9 Å². The van der Waals surface area contributed by atoms with Gasteiger partial charge in [0.05, 0.1) is 10.2 Å². The van der Waals surface area contributed by atoms with Gasteiger partial charge in [-0.05, 0) is 23.8 Å². The largest absolute Gasteiger partial charge is 0.337 e. The highest BCUT2D eigenvalue weighted by molar-refractivity contribution is 7.22. The van der Waals surface area contributed by atoms with E-state index in [1.54, 1.807) is 24.1 Å². The van der Waals surface area contributed by atoms with Crippen LogP contribution in [0.5, 0.6) is 0 Å². The number of aromatic nitrogens is 1. The smallest absolute Gasteiger partial charge is 0.317 e. The maximum atomic E-state index is 12.2. The molecule has 0 aliphatic carbocycles. The molecule has 0 aliphatic heterocycles. The van der Waals surface area contributed by atoms with Gasteiger partial charge in [0.1, 0.15) is 0 Å².